The van der Waals surface area contributed by atoms with Gasteiger partial charge in [0.25, 0.3) is 0 Å². The third-order valence-electron chi connectivity index (χ3n) is 9.45. The van der Waals surface area contributed by atoms with Gasteiger partial charge in [-0.15, -0.1) is 0 Å². The molecule has 4 aliphatic heterocycles. The molecule has 46 heavy (non-hydrogen) atoms. The van der Waals surface area contributed by atoms with Crippen LogP contribution in [0.3, 0.4) is 0 Å². The van der Waals surface area contributed by atoms with Crippen molar-refractivity contribution in [2.75, 3.05) is 19.7 Å². The van der Waals surface area contributed by atoms with Crippen molar-refractivity contribution < 1.29 is 33.8 Å². The number of allylic oxidation sites excluding steroid dienone is 1. The van der Waals surface area contributed by atoms with Crippen LogP contribution < -0.4 is 5.32 Å². The van der Waals surface area contributed by atoms with Gasteiger partial charge >= 0.3 is 5.97 Å². The van der Waals surface area contributed by atoms with Crippen LogP contribution in [0.5, 0.6) is 0 Å². The number of aliphatic hydroxyl groups is 1. The van der Waals surface area contributed by atoms with Gasteiger partial charge in [-0.2, -0.15) is 0 Å². The minimum absolute atomic E-state index is 0.0385. The summed E-state index contributed by atoms with van der Waals surface area (Å²) in [4.78, 5) is 59.3. The van der Waals surface area contributed by atoms with E-state index in [0.717, 1.165) is 5.56 Å². The van der Waals surface area contributed by atoms with Gasteiger partial charge in [-0.05, 0) is 37.3 Å². The number of ether oxygens (including phenoxy) is 2. The highest BCUT2D eigenvalue weighted by atomic mass is 16.6. The van der Waals surface area contributed by atoms with E-state index in [1.165, 1.54) is 0 Å². The summed E-state index contributed by atoms with van der Waals surface area (Å²) in [6.07, 6.45) is 7.14. The fraction of sp³-hybridized carbons (Fsp3) is 0.444. The van der Waals surface area contributed by atoms with Gasteiger partial charge in [0.05, 0.1) is 18.1 Å². The minimum atomic E-state index is -1.40. The third-order valence-corrected chi connectivity index (χ3v) is 9.45. The van der Waals surface area contributed by atoms with Crippen LogP contribution in [0.2, 0.25) is 0 Å². The normalized spacial score (nSPS) is 32.0. The standard InChI is InChI=1S/C36H41N3O7/c1-24-31(26-15-6-3-7-16-26)45-35(44)29-27(17-8-9-18-28(41)37-24)46-36-19-12-20-38(23-25-13-4-2-5-14-25)34(43)32(36)39(21-10-11-22-40)33(42)30(29)36/h2-8,12-17,19,24,27,29-32,40H,9-11,18,20-23H2,1H3,(H,37,41)/b17-8-/t24-,27-,29+,30+,31+,32-,36+/m0/s1. The molecule has 6 rings (SSSR count). The fourth-order valence-corrected chi connectivity index (χ4v) is 7.33. The van der Waals surface area contributed by atoms with E-state index in [4.69, 9.17) is 9.47 Å². The number of benzene rings is 2. The molecule has 2 aromatic carbocycles. The number of carbonyl (C=O) groups excluding carboxylic acids is 4. The summed E-state index contributed by atoms with van der Waals surface area (Å²) < 4.78 is 13.0. The van der Waals surface area contributed by atoms with E-state index in [-0.39, 0.29) is 37.3 Å². The lowest BCUT2D eigenvalue weighted by Gasteiger charge is -2.35. The fourth-order valence-electron chi connectivity index (χ4n) is 7.33. The molecule has 0 unspecified atom stereocenters. The molecule has 2 N–H and O–H groups in total. The number of cyclic esters (lactones) is 1. The first-order valence-corrected chi connectivity index (χ1v) is 16.1. The van der Waals surface area contributed by atoms with Crippen LogP contribution in [0, 0.1) is 11.8 Å². The number of nitrogens with one attached hydrogen (secondary N) is 1. The number of fused-ring (bicyclic) bond motifs is 2. The number of hydrogen-bond donors (Lipinski definition) is 2. The van der Waals surface area contributed by atoms with Gasteiger partial charge in [0.15, 0.2) is 0 Å². The molecular formula is C36H41N3O7. The van der Waals surface area contributed by atoms with Crippen molar-refractivity contribution in [1.82, 2.24) is 15.1 Å². The molecule has 0 aromatic heterocycles. The Balaban J connectivity index is 1.40. The molecule has 7 atom stereocenters. The Bertz CT molecular complexity index is 1500. The first kappa shape index (κ1) is 31.7. The molecule has 0 bridgehead atoms. The van der Waals surface area contributed by atoms with E-state index >= 15 is 0 Å². The van der Waals surface area contributed by atoms with E-state index in [1.54, 1.807) is 28.9 Å². The molecule has 0 aliphatic carbocycles. The van der Waals surface area contributed by atoms with Crippen LogP contribution in [0.4, 0.5) is 0 Å². The predicted octanol–water partition coefficient (Wildman–Crippen LogP) is 3.08. The summed E-state index contributed by atoms with van der Waals surface area (Å²) in [5.41, 5.74) is 0.264. The van der Waals surface area contributed by atoms with Crippen molar-refractivity contribution in [3.05, 3.63) is 96.1 Å². The largest absolute Gasteiger partial charge is 0.455 e. The lowest BCUT2D eigenvalue weighted by molar-refractivity contribution is -0.161. The second-order valence-corrected chi connectivity index (χ2v) is 12.5. The van der Waals surface area contributed by atoms with Crippen LogP contribution >= 0.6 is 0 Å². The zero-order valence-corrected chi connectivity index (χ0v) is 26.0. The molecule has 10 heteroatoms. The maximum Gasteiger partial charge on any atom is 0.313 e. The van der Waals surface area contributed by atoms with Crippen molar-refractivity contribution in [2.45, 2.75) is 69.0 Å². The Kier molecular flexibility index (Phi) is 9.37. The summed E-state index contributed by atoms with van der Waals surface area (Å²) in [6, 6.07) is 17.3. The molecule has 2 aromatic rings. The van der Waals surface area contributed by atoms with E-state index in [2.05, 4.69) is 5.32 Å². The molecule has 4 heterocycles. The van der Waals surface area contributed by atoms with E-state index in [1.807, 2.05) is 72.8 Å². The molecule has 0 saturated carbocycles. The predicted molar refractivity (Wildman–Crippen MR) is 169 cm³/mol. The number of nitrogens with zero attached hydrogens (tertiary/aromatic N) is 2. The Morgan fingerprint density at radius 1 is 0.957 bits per heavy atom. The monoisotopic (exact) mass is 627 g/mol. The van der Waals surface area contributed by atoms with Gasteiger partial charge in [-0.3, -0.25) is 19.2 Å². The van der Waals surface area contributed by atoms with Gasteiger partial charge in [-0.25, -0.2) is 0 Å². The highest BCUT2D eigenvalue weighted by Gasteiger charge is 2.71. The molecule has 4 aliphatic rings. The van der Waals surface area contributed by atoms with Crippen LogP contribution in [-0.2, 0) is 35.2 Å². The number of carbonyl (C=O) groups is 4. The summed E-state index contributed by atoms with van der Waals surface area (Å²) in [5, 5.41) is 12.5. The third kappa shape index (κ3) is 5.99. The Labute approximate surface area is 269 Å². The van der Waals surface area contributed by atoms with Crippen LogP contribution in [0.15, 0.2) is 85.0 Å². The van der Waals surface area contributed by atoms with Gasteiger partial charge in [0.1, 0.15) is 23.7 Å². The summed E-state index contributed by atoms with van der Waals surface area (Å²) in [7, 11) is 0. The van der Waals surface area contributed by atoms with Crippen LogP contribution in [0.1, 0.15) is 49.8 Å². The first-order chi connectivity index (χ1) is 22.3. The van der Waals surface area contributed by atoms with Crippen molar-refractivity contribution in [3.8, 4) is 0 Å². The molecule has 2 fully saturated rings. The number of hydrogen-bond acceptors (Lipinski definition) is 7. The number of amides is 3. The van der Waals surface area contributed by atoms with E-state index in [0.29, 0.717) is 37.9 Å². The molecular weight excluding hydrogens is 586 g/mol. The highest BCUT2D eigenvalue weighted by molar-refractivity contribution is 5.99. The maximum atomic E-state index is 14.5. The van der Waals surface area contributed by atoms with E-state index in [9.17, 15) is 24.3 Å². The molecule has 10 nitrogen and oxygen atoms in total. The quantitative estimate of drug-likeness (QED) is 0.275. The molecule has 2 saturated heterocycles. The second-order valence-electron chi connectivity index (χ2n) is 12.5. The molecule has 242 valence electrons. The minimum Gasteiger partial charge on any atom is -0.455 e. The van der Waals surface area contributed by atoms with Crippen molar-refractivity contribution >= 4 is 23.7 Å². The van der Waals surface area contributed by atoms with Gasteiger partial charge in [0.2, 0.25) is 17.7 Å². The topological polar surface area (TPSA) is 125 Å². The van der Waals surface area contributed by atoms with Crippen molar-refractivity contribution in [3.63, 3.8) is 0 Å². The number of rotatable bonds is 7. The summed E-state index contributed by atoms with van der Waals surface area (Å²) in [6.45, 7) is 2.66. The second kappa shape index (κ2) is 13.6. The van der Waals surface area contributed by atoms with Gasteiger partial charge in [0, 0.05) is 32.7 Å². The zero-order valence-electron chi connectivity index (χ0n) is 26.0. The van der Waals surface area contributed by atoms with Crippen LogP contribution in [0.25, 0.3) is 0 Å². The number of aliphatic hydroxyl groups excluding tert-OH is 1. The Morgan fingerprint density at radius 3 is 2.43 bits per heavy atom. The number of unbranched alkanes of at least 4 members (excludes halogenated alkanes) is 1. The van der Waals surface area contributed by atoms with E-state index < -0.39 is 47.7 Å². The van der Waals surface area contributed by atoms with Gasteiger partial charge in [-0.1, -0.05) is 85.0 Å². The summed E-state index contributed by atoms with van der Waals surface area (Å²) >= 11 is 0. The lowest BCUT2D eigenvalue weighted by Crippen LogP contribution is -2.55. The zero-order chi connectivity index (χ0) is 32.3. The Hall–Kier alpha value is -4.28. The average molecular weight is 628 g/mol. The van der Waals surface area contributed by atoms with Crippen molar-refractivity contribution in [2.24, 2.45) is 11.8 Å². The van der Waals surface area contributed by atoms with Crippen LogP contribution in [-0.4, -0.2) is 82.1 Å². The number of likely N-dealkylation sites (tertiary alicyclic amines) is 1. The SMILES string of the molecule is C[C@@H]1NC(=O)CC/C=C\[C@@H]2O[C@@]34C=CCN(Cc5ccccc5)C(=O)[C@@H]3N(CCCCO)C(=O)[C@H]4[C@@H]2C(=O)O[C@H]1c1ccccc1. The smallest absolute Gasteiger partial charge is 0.313 e. The summed E-state index contributed by atoms with van der Waals surface area (Å²) in [5.74, 6) is -3.42. The maximum absolute atomic E-state index is 14.5. The molecule has 1 spiro atoms. The average Bonchev–Trinajstić information content (AvgIpc) is 3.44. The molecule has 3 amide bonds. The Morgan fingerprint density at radius 2 is 1.70 bits per heavy atom. The van der Waals surface area contributed by atoms with Crippen molar-refractivity contribution in [1.29, 1.82) is 0 Å². The van der Waals surface area contributed by atoms with Gasteiger partial charge < -0.3 is 29.7 Å². The number of esters is 1. The highest BCUT2D eigenvalue weighted by Crippen LogP contribution is 2.53. The lowest BCUT2D eigenvalue weighted by atomic mass is 9.77. The first-order valence-electron chi connectivity index (χ1n) is 16.1. The molecule has 0 radical (unpaired) electrons.